The monoisotopic (exact) mass is 479 g/mol. The molecule has 0 saturated carbocycles. The Morgan fingerprint density at radius 1 is 1.25 bits per heavy atom. The van der Waals surface area contributed by atoms with Crippen LogP contribution in [0, 0.1) is 43.4 Å². The fourth-order valence-electron chi connectivity index (χ4n) is 5.83. The number of aryl methyl sites for hydroxylation is 3. The highest BCUT2D eigenvalue weighted by atomic mass is 16.2. The number of likely N-dealkylation sites (tertiary alicyclic amines) is 1. The van der Waals surface area contributed by atoms with Gasteiger partial charge in [0, 0.05) is 36.3 Å². The van der Waals surface area contributed by atoms with Crippen LogP contribution in [0.25, 0.3) is 27.9 Å². The van der Waals surface area contributed by atoms with Gasteiger partial charge in [0.2, 0.25) is 5.91 Å². The molecule has 2 N–H and O–H groups in total. The minimum Gasteiger partial charge on any atom is -0.383 e. The molecule has 182 valence electrons. The molecule has 0 spiro atoms. The Hall–Kier alpha value is -4.17. The molecular weight excluding hydrogens is 450 g/mol. The van der Waals surface area contributed by atoms with Gasteiger partial charge in [-0.2, -0.15) is 5.26 Å². The number of amides is 1. The van der Waals surface area contributed by atoms with Crippen molar-refractivity contribution in [2.24, 2.45) is 13.0 Å². The molecule has 1 aliphatic heterocycles. The van der Waals surface area contributed by atoms with Crippen molar-refractivity contribution in [3.8, 4) is 29.7 Å². The summed E-state index contributed by atoms with van der Waals surface area (Å²) in [4.78, 5) is 28.4. The van der Waals surface area contributed by atoms with E-state index in [1.165, 1.54) is 6.33 Å². The molecule has 4 heterocycles. The van der Waals surface area contributed by atoms with E-state index in [2.05, 4.69) is 37.6 Å². The number of nitriles is 1. The lowest BCUT2D eigenvalue weighted by molar-refractivity contribution is -0.135. The van der Waals surface area contributed by atoms with E-state index in [0.29, 0.717) is 24.5 Å². The zero-order valence-corrected chi connectivity index (χ0v) is 20.9. The van der Waals surface area contributed by atoms with Gasteiger partial charge in [-0.25, -0.2) is 15.0 Å². The molecule has 36 heavy (non-hydrogen) atoms. The number of rotatable bonds is 3. The predicted octanol–water partition coefficient (Wildman–Crippen LogP) is 3.91. The Labute approximate surface area is 210 Å². The van der Waals surface area contributed by atoms with Crippen LogP contribution >= 0.6 is 0 Å². The predicted molar refractivity (Wildman–Crippen MR) is 139 cm³/mol. The number of fused-ring (bicyclic) bond motifs is 1. The summed E-state index contributed by atoms with van der Waals surface area (Å²) in [7, 11) is 1.98. The quantitative estimate of drug-likeness (QED) is 0.570. The number of nitrogens with zero attached hydrogens (tertiary/aromatic N) is 6. The summed E-state index contributed by atoms with van der Waals surface area (Å²) < 4.78 is 2.05. The molecule has 0 unspecified atom stereocenters. The fourth-order valence-corrected chi connectivity index (χ4v) is 5.83. The molecule has 1 fully saturated rings. The number of pyridine rings is 1. The highest BCUT2D eigenvalue weighted by molar-refractivity contribution is 6.05. The maximum absolute atomic E-state index is 13.2. The summed E-state index contributed by atoms with van der Waals surface area (Å²) in [5.41, 5.74) is 13.7. The Morgan fingerprint density at radius 2 is 2.06 bits per heavy atom. The van der Waals surface area contributed by atoms with Crippen LogP contribution in [0.4, 0.5) is 5.82 Å². The lowest BCUT2D eigenvalue weighted by atomic mass is 9.83. The first-order valence-electron chi connectivity index (χ1n) is 12.3. The molecule has 3 aromatic heterocycles. The zero-order chi connectivity index (χ0) is 25.6. The van der Waals surface area contributed by atoms with E-state index in [4.69, 9.17) is 12.2 Å². The first-order valence-corrected chi connectivity index (χ1v) is 12.3. The van der Waals surface area contributed by atoms with Crippen LogP contribution < -0.4 is 5.73 Å². The average molecular weight is 480 g/mol. The van der Waals surface area contributed by atoms with Crippen molar-refractivity contribution in [3.63, 3.8) is 0 Å². The molecule has 1 saturated heterocycles. The van der Waals surface area contributed by atoms with Crippen LogP contribution in [0.1, 0.15) is 54.6 Å². The van der Waals surface area contributed by atoms with Gasteiger partial charge in [0.1, 0.15) is 29.5 Å². The van der Waals surface area contributed by atoms with Gasteiger partial charge in [0.15, 0.2) is 0 Å². The summed E-state index contributed by atoms with van der Waals surface area (Å²) in [6.45, 7) is 4.67. The summed E-state index contributed by atoms with van der Waals surface area (Å²) in [6, 6.07) is 3.91. The SMILES string of the molecule is C#Cc1cc(C)c(-c2c(C3=CC[C@H](C(=O)N4CCC[C@H]4C#N)CC3)c3c(N)ncnc3n2C)c(C)n1. The van der Waals surface area contributed by atoms with Crippen molar-refractivity contribution < 1.29 is 4.79 Å². The van der Waals surface area contributed by atoms with Crippen LogP contribution in [0.3, 0.4) is 0 Å². The van der Waals surface area contributed by atoms with Gasteiger partial charge in [0.25, 0.3) is 0 Å². The zero-order valence-electron chi connectivity index (χ0n) is 20.9. The minimum atomic E-state index is -0.297. The van der Waals surface area contributed by atoms with Gasteiger partial charge in [-0.1, -0.05) is 12.0 Å². The van der Waals surface area contributed by atoms with Crippen LogP contribution in [0.5, 0.6) is 0 Å². The van der Waals surface area contributed by atoms with Gasteiger partial charge in [-0.3, -0.25) is 4.79 Å². The lowest BCUT2D eigenvalue weighted by Gasteiger charge is -2.28. The Balaban J connectivity index is 1.61. The number of allylic oxidation sites excluding steroid dienone is 2. The second-order valence-corrected chi connectivity index (χ2v) is 9.69. The van der Waals surface area contributed by atoms with Crippen molar-refractivity contribution in [1.82, 2.24) is 24.4 Å². The van der Waals surface area contributed by atoms with Crippen LogP contribution in [0.15, 0.2) is 18.5 Å². The van der Waals surface area contributed by atoms with Crippen molar-refractivity contribution in [1.29, 1.82) is 5.26 Å². The largest absolute Gasteiger partial charge is 0.383 e. The minimum absolute atomic E-state index is 0.0936. The highest BCUT2D eigenvalue weighted by Crippen LogP contribution is 2.44. The third-order valence-electron chi connectivity index (χ3n) is 7.54. The van der Waals surface area contributed by atoms with Gasteiger partial charge >= 0.3 is 0 Å². The van der Waals surface area contributed by atoms with Crippen molar-refractivity contribution in [3.05, 3.63) is 41.0 Å². The first kappa shape index (κ1) is 23.6. The molecule has 0 radical (unpaired) electrons. The van der Waals surface area contributed by atoms with Crippen molar-refractivity contribution in [2.75, 3.05) is 12.3 Å². The normalized spacial score (nSPS) is 19.7. The summed E-state index contributed by atoms with van der Waals surface area (Å²) in [5, 5.41) is 10.2. The lowest BCUT2D eigenvalue weighted by Crippen LogP contribution is -2.39. The maximum Gasteiger partial charge on any atom is 0.227 e. The third-order valence-corrected chi connectivity index (χ3v) is 7.54. The van der Waals surface area contributed by atoms with Gasteiger partial charge < -0.3 is 15.2 Å². The number of anilines is 1. The second-order valence-electron chi connectivity index (χ2n) is 9.69. The highest BCUT2D eigenvalue weighted by Gasteiger charge is 2.35. The van der Waals surface area contributed by atoms with E-state index in [0.717, 1.165) is 70.4 Å². The standard InChI is InChI=1S/C28H29N7O/c1-5-20-13-16(2)22(17(3)33-20)25-23(24-26(30)31-15-32-27(24)34(25)4)18-8-10-19(11-9-18)28(36)35-12-6-7-21(35)14-29/h1,8,13,15,19,21H,6-7,9-12H2,2-4H3,(H2,30,31,32)/t19-,21-/m0/s1. The number of hydrogen-bond donors (Lipinski definition) is 1. The average Bonchev–Trinajstić information content (AvgIpc) is 3.47. The number of carbonyl (C=O) groups excluding carboxylic acids is 1. The molecule has 0 aromatic carbocycles. The molecule has 3 aromatic rings. The molecule has 2 aliphatic rings. The van der Waals surface area contributed by atoms with E-state index in [1.807, 2.05) is 27.0 Å². The number of carbonyl (C=O) groups is 1. The van der Waals surface area contributed by atoms with E-state index < -0.39 is 0 Å². The first-order chi connectivity index (χ1) is 17.3. The topological polar surface area (TPSA) is 114 Å². The molecule has 1 aliphatic carbocycles. The van der Waals surface area contributed by atoms with Crippen LogP contribution in [0.2, 0.25) is 0 Å². The molecule has 5 rings (SSSR count). The number of aromatic nitrogens is 4. The third kappa shape index (κ3) is 3.70. The van der Waals surface area contributed by atoms with E-state index >= 15 is 0 Å². The Morgan fingerprint density at radius 3 is 2.72 bits per heavy atom. The second kappa shape index (κ2) is 9.13. The van der Waals surface area contributed by atoms with Crippen LogP contribution in [-0.4, -0.2) is 42.9 Å². The van der Waals surface area contributed by atoms with Crippen LogP contribution in [-0.2, 0) is 11.8 Å². The Kier molecular flexibility index (Phi) is 5.97. The number of nitrogens with two attached hydrogens (primary N) is 1. The van der Waals surface area contributed by atoms with E-state index in [9.17, 15) is 10.1 Å². The smallest absolute Gasteiger partial charge is 0.227 e. The summed E-state index contributed by atoms with van der Waals surface area (Å²) >= 11 is 0. The fraction of sp³-hybridized carbons (Fsp3) is 0.393. The number of terminal acetylenes is 1. The molecule has 8 nitrogen and oxygen atoms in total. The molecular formula is C28H29N7O. The molecule has 8 heteroatoms. The summed E-state index contributed by atoms with van der Waals surface area (Å²) in [5.74, 6) is 3.04. The van der Waals surface area contributed by atoms with Crippen molar-refractivity contribution >= 4 is 28.3 Å². The summed E-state index contributed by atoms with van der Waals surface area (Å²) in [6.07, 6.45) is 13.0. The molecule has 0 bridgehead atoms. The van der Waals surface area contributed by atoms with Crippen molar-refractivity contribution in [2.45, 2.75) is 52.0 Å². The van der Waals surface area contributed by atoms with Gasteiger partial charge in [-0.15, -0.1) is 6.42 Å². The van der Waals surface area contributed by atoms with Gasteiger partial charge in [0.05, 0.1) is 17.1 Å². The molecule has 1 amide bonds. The van der Waals surface area contributed by atoms with Gasteiger partial charge in [-0.05, 0) is 63.2 Å². The van der Waals surface area contributed by atoms with E-state index in [1.54, 1.807) is 4.90 Å². The Bertz CT molecular complexity index is 1480. The number of nitrogen functional groups attached to an aromatic ring is 1. The van der Waals surface area contributed by atoms with E-state index in [-0.39, 0.29) is 17.9 Å². The maximum atomic E-state index is 13.2. The molecule has 2 atom stereocenters. The number of hydrogen-bond acceptors (Lipinski definition) is 6.